The van der Waals surface area contributed by atoms with Crippen molar-refractivity contribution in [3.63, 3.8) is 0 Å². The van der Waals surface area contributed by atoms with Gasteiger partial charge in [0.05, 0.1) is 23.2 Å². The van der Waals surface area contributed by atoms with Crippen molar-refractivity contribution in [2.75, 3.05) is 23.3 Å². The molecule has 0 radical (unpaired) electrons. The van der Waals surface area contributed by atoms with E-state index < -0.39 is 23.3 Å². The number of piperazine rings is 1. The van der Waals surface area contributed by atoms with Gasteiger partial charge >= 0.3 is 12.1 Å². The molecule has 2 atom stereocenters. The fourth-order valence-electron chi connectivity index (χ4n) is 5.23. The molecule has 1 aliphatic rings. The van der Waals surface area contributed by atoms with E-state index in [9.17, 15) is 19.1 Å². The second-order valence-corrected chi connectivity index (χ2v) is 11.2. The van der Waals surface area contributed by atoms with Crippen LogP contribution in [0.15, 0.2) is 36.7 Å². The van der Waals surface area contributed by atoms with Gasteiger partial charge in [0.25, 0.3) is 5.91 Å². The number of fused-ring (bicyclic) bond motifs is 2. The van der Waals surface area contributed by atoms with Gasteiger partial charge in [-0.25, -0.2) is 14.2 Å². The van der Waals surface area contributed by atoms with Crippen LogP contribution in [0.25, 0.3) is 21.8 Å². The molecule has 2 aromatic carbocycles. The third kappa shape index (κ3) is 5.21. The molecule has 2 aromatic heterocycles. The Morgan fingerprint density at radius 1 is 1.12 bits per heavy atom. The summed E-state index contributed by atoms with van der Waals surface area (Å²) >= 11 is 0. The molecule has 2 N–H and O–H groups in total. The van der Waals surface area contributed by atoms with E-state index in [1.54, 1.807) is 36.3 Å². The number of hydrogen-bond acceptors (Lipinski definition) is 8. The SMILES string of the molecule is C[C@@H]1CN(c2ccc(C(=O)Nc3cc(F)c4nn(C)cc4c3)c3nc(O)ncc23)C[C@H](C)N1C(=O)OC(C)(C)C. The average molecular weight is 550 g/mol. The summed E-state index contributed by atoms with van der Waals surface area (Å²) in [4.78, 5) is 38.2. The van der Waals surface area contributed by atoms with Crippen molar-refractivity contribution < 1.29 is 23.8 Å². The molecule has 3 heterocycles. The highest BCUT2D eigenvalue weighted by Gasteiger charge is 2.36. The monoisotopic (exact) mass is 549 g/mol. The van der Waals surface area contributed by atoms with Crippen LogP contribution < -0.4 is 10.2 Å². The Balaban J connectivity index is 1.44. The van der Waals surface area contributed by atoms with Gasteiger partial charge in [-0.15, -0.1) is 0 Å². The molecule has 0 saturated carbocycles. The summed E-state index contributed by atoms with van der Waals surface area (Å²) in [5.74, 6) is -1.07. The number of ether oxygens (including phenoxy) is 1. The van der Waals surface area contributed by atoms with Crippen molar-refractivity contribution >= 4 is 45.2 Å². The first-order valence-electron chi connectivity index (χ1n) is 13.0. The molecule has 0 bridgehead atoms. The van der Waals surface area contributed by atoms with Gasteiger partial charge in [-0.2, -0.15) is 10.1 Å². The van der Waals surface area contributed by atoms with E-state index in [2.05, 4.69) is 25.3 Å². The molecule has 1 aliphatic heterocycles. The molecular weight excluding hydrogens is 517 g/mol. The lowest BCUT2D eigenvalue weighted by molar-refractivity contribution is 0.00566. The topological polar surface area (TPSA) is 126 Å². The minimum Gasteiger partial charge on any atom is -0.479 e. The van der Waals surface area contributed by atoms with E-state index in [1.165, 1.54) is 16.9 Å². The fraction of sp³-hybridized carbons (Fsp3) is 0.393. The van der Waals surface area contributed by atoms with Gasteiger partial charge in [0.15, 0.2) is 5.82 Å². The number of aromatic nitrogens is 4. The number of halogens is 1. The minimum absolute atomic E-state index is 0.160. The first-order valence-corrected chi connectivity index (χ1v) is 13.0. The Kier molecular flexibility index (Phi) is 6.72. The van der Waals surface area contributed by atoms with Gasteiger partial charge in [0.2, 0.25) is 0 Å². The van der Waals surface area contributed by atoms with E-state index in [-0.39, 0.29) is 40.5 Å². The van der Waals surface area contributed by atoms with Crippen molar-refractivity contribution in [3.8, 4) is 6.01 Å². The summed E-state index contributed by atoms with van der Waals surface area (Å²) in [5, 5.41) is 18.0. The summed E-state index contributed by atoms with van der Waals surface area (Å²) in [6.45, 7) is 10.4. The van der Waals surface area contributed by atoms with E-state index >= 15 is 0 Å². The number of hydrogen-bond donors (Lipinski definition) is 2. The van der Waals surface area contributed by atoms with Gasteiger partial charge in [0, 0.05) is 54.7 Å². The Hall–Kier alpha value is -4.48. The number of anilines is 2. The van der Waals surface area contributed by atoms with E-state index in [4.69, 9.17) is 4.74 Å². The van der Waals surface area contributed by atoms with Crippen LogP contribution in [0.4, 0.5) is 20.6 Å². The highest BCUT2D eigenvalue weighted by Crippen LogP contribution is 2.33. The summed E-state index contributed by atoms with van der Waals surface area (Å²) in [6, 6.07) is 5.47. The molecule has 1 fully saturated rings. The first-order chi connectivity index (χ1) is 18.8. The van der Waals surface area contributed by atoms with Crippen LogP contribution >= 0.6 is 0 Å². The molecule has 0 spiro atoms. The minimum atomic E-state index is -0.602. The van der Waals surface area contributed by atoms with Gasteiger partial charge in [-0.1, -0.05) is 0 Å². The molecule has 5 rings (SSSR count). The van der Waals surface area contributed by atoms with Gasteiger partial charge in [-0.3, -0.25) is 14.4 Å². The highest BCUT2D eigenvalue weighted by molar-refractivity contribution is 6.14. The Bertz CT molecular complexity index is 1620. The second-order valence-electron chi connectivity index (χ2n) is 11.2. The van der Waals surface area contributed by atoms with Crippen molar-refractivity contribution in [1.82, 2.24) is 24.6 Å². The standard InChI is InChI=1S/C28H32FN7O4/c1-15-12-35(13-16(2)36(15)27(39)40-28(3,4)5)22-8-7-19(24-20(22)11-30-26(38)32-24)25(37)31-18-9-17-14-34(6)33-23(17)21(29)10-18/h7-11,14-16H,12-13H2,1-6H3,(H,31,37)(H,30,32,38)/t15-,16+. The molecule has 210 valence electrons. The predicted molar refractivity (Wildman–Crippen MR) is 149 cm³/mol. The zero-order chi connectivity index (χ0) is 28.9. The number of rotatable bonds is 3. The lowest BCUT2D eigenvalue weighted by Gasteiger charge is -2.45. The van der Waals surface area contributed by atoms with Crippen LogP contribution in [0.3, 0.4) is 0 Å². The summed E-state index contributed by atoms with van der Waals surface area (Å²) in [6.07, 6.45) is 2.77. The second kappa shape index (κ2) is 9.92. The lowest BCUT2D eigenvalue weighted by Crippen LogP contribution is -2.59. The van der Waals surface area contributed by atoms with Crippen LogP contribution in [0, 0.1) is 5.82 Å². The van der Waals surface area contributed by atoms with Crippen LogP contribution in [0.1, 0.15) is 45.0 Å². The molecule has 0 unspecified atom stereocenters. The number of aromatic hydroxyl groups is 1. The number of nitrogens with zero attached hydrogens (tertiary/aromatic N) is 6. The maximum atomic E-state index is 14.6. The number of nitrogens with one attached hydrogen (secondary N) is 1. The van der Waals surface area contributed by atoms with Crippen molar-refractivity contribution in [2.45, 2.75) is 52.3 Å². The molecule has 2 amide bonds. The Morgan fingerprint density at radius 2 is 1.82 bits per heavy atom. The summed E-state index contributed by atoms with van der Waals surface area (Å²) in [5.41, 5.74) is 1.08. The zero-order valence-corrected chi connectivity index (χ0v) is 23.3. The number of amides is 2. The molecule has 0 aliphatic carbocycles. The van der Waals surface area contributed by atoms with Crippen molar-refractivity contribution in [3.05, 3.63) is 48.0 Å². The van der Waals surface area contributed by atoms with Gasteiger partial charge in [0.1, 0.15) is 11.1 Å². The molecule has 40 heavy (non-hydrogen) atoms. The van der Waals surface area contributed by atoms with Crippen LogP contribution in [0.5, 0.6) is 6.01 Å². The molecule has 11 nitrogen and oxygen atoms in total. The quantitative estimate of drug-likeness (QED) is 0.384. The summed E-state index contributed by atoms with van der Waals surface area (Å²) in [7, 11) is 1.69. The maximum absolute atomic E-state index is 14.6. The van der Waals surface area contributed by atoms with Crippen LogP contribution in [-0.4, -0.2) is 72.5 Å². The maximum Gasteiger partial charge on any atom is 0.410 e. The number of carbonyl (C=O) groups excluding carboxylic acids is 2. The van der Waals surface area contributed by atoms with E-state index in [0.29, 0.717) is 23.9 Å². The predicted octanol–water partition coefficient (Wildman–Crippen LogP) is 4.45. The van der Waals surface area contributed by atoms with E-state index in [0.717, 1.165) is 5.69 Å². The van der Waals surface area contributed by atoms with Crippen molar-refractivity contribution in [2.24, 2.45) is 7.05 Å². The van der Waals surface area contributed by atoms with Crippen LogP contribution in [-0.2, 0) is 11.8 Å². The van der Waals surface area contributed by atoms with Crippen molar-refractivity contribution in [1.29, 1.82) is 0 Å². The van der Waals surface area contributed by atoms with Gasteiger partial charge in [-0.05, 0) is 58.9 Å². The third-order valence-electron chi connectivity index (χ3n) is 6.76. The zero-order valence-electron chi connectivity index (χ0n) is 23.3. The number of aryl methyl sites for hydroxylation is 1. The first kappa shape index (κ1) is 27.1. The molecule has 12 heteroatoms. The molecule has 4 aromatic rings. The average Bonchev–Trinajstić information content (AvgIpc) is 3.22. The number of benzene rings is 2. The normalized spacial score (nSPS) is 17.9. The smallest absolute Gasteiger partial charge is 0.410 e. The molecular formula is C28H32FN7O4. The third-order valence-corrected chi connectivity index (χ3v) is 6.76. The lowest BCUT2D eigenvalue weighted by atomic mass is 10.0. The molecule has 1 saturated heterocycles. The highest BCUT2D eigenvalue weighted by atomic mass is 19.1. The number of carbonyl (C=O) groups is 2. The van der Waals surface area contributed by atoms with Crippen LogP contribution in [0.2, 0.25) is 0 Å². The Morgan fingerprint density at radius 3 is 2.50 bits per heavy atom. The Labute approximate surface area is 230 Å². The van der Waals surface area contributed by atoms with Gasteiger partial charge < -0.3 is 20.1 Å². The van der Waals surface area contributed by atoms with E-state index in [1.807, 2.05) is 34.6 Å². The fourth-order valence-corrected chi connectivity index (χ4v) is 5.23. The summed E-state index contributed by atoms with van der Waals surface area (Å²) < 4.78 is 21.7. The largest absolute Gasteiger partial charge is 0.479 e.